The average molecular weight is 446 g/mol. The lowest BCUT2D eigenvalue weighted by atomic mass is 9.95. The topological polar surface area (TPSA) is 92.3 Å². The van der Waals surface area contributed by atoms with Crippen molar-refractivity contribution in [1.29, 1.82) is 0 Å². The predicted octanol–water partition coefficient (Wildman–Crippen LogP) is 2.33. The smallest absolute Gasteiger partial charge is 0.308 e. The molecule has 0 spiro atoms. The molecule has 0 aromatic heterocycles. The minimum atomic E-state index is -0.844. The van der Waals surface area contributed by atoms with Crippen molar-refractivity contribution in [1.82, 2.24) is 5.32 Å². The summed E-state index contributed by atoms with van der Waals surface area (Å²) in [4.78, 5) is 24.5. The third-order valence-electron chi connectivity index (χ3n) is 5.25. The van der Waals surface area contributed by atoms with Gasteiger partial charge in [-0.15, -0.1) is 12.3 Å². The maximum atomic E-state index is 12.5. The molecule has 1 unspecified atom stereocenters. The molecule has 0 bridgehead atoms. The minimum Gasteiger partial charge on any atom is -0.457 e. The van der Waals surface area contributed by atoms with Crippen LogP contribution in [0.25, 0.3) is 0 Å². The van der Waals surface area contributed by atoms with Crippen molar-refractivity contribution in [3.8, 4) is 12.3 Å². The van der Waals surface area contributed by atoms with Crippen LogP contribution in [0, 0.1) is 18.3 Å². The predicted molar refractivity (Wildman–Crippen MR) is 115 cm³/mol. The molecule has 1 N–H and O–H groups in total. The van der Waals surface area contributed by atoms with Crippen LogP contribution in [0.3, 0.4) is 0 Å². The van der Waals surface area contributed by atoms with Gasteiger partial charge in [0, 0.05) is 18.9 Å². The zero-order valence-corrected chi connectivity index (χ0v) is 18.7. The summed E-state index contributed by atoms with van der Waals surface area (Å²) in [6.07, 6.45) is 3.00. The fourth-order valence-corrected chi connectivity index (χ4v) is 3.67. The maximum Gasteiger partial charge on any atom is 0.308 e. The van der Waals surface area contributed by atoms with Gasteiger partial charge >= 0.3 is 5.97 Å². The van der Waals surface area contributed by atoms with Crippen molar-refractivity contribution in [3.05, 3.63) is 35.9 Å². The summed E-state index contributed by atoms with van der Waals surface area (Å²) in [5, 5.41) is 2.83. The molecule has 0 aliphatic carbocycles. The molecule has 1 aromatic carbocycles. The largest absolute Gasteiger partial charge is 0.457 e. The molecule has 2 heterocycles. The van der Waals surface area contributed by atoms with E-state index in [1.165, 1.54) is 6.92 Å². The summed E-state index contributed by atoms with van der Waals surface area (Å²) in [7, 11) is 0. The summed E-state index contributed by atoms with van der Waals surface area (Å²) in [6.45, 7) is 5.44. The van der Waals surface area contributed by atoms with Gasteiger partial charge in [-0.3, -0.25) is 9.59 Å². The van der Waals surface area contributed by atoms with Crippen molar-refractivity contribution in [3.63, 3.8) is 0 Å². The Labute approximate surface area is 188 Å². The number of nitrogens with one attached hydrogen (secondary N) is 1. The molecule has 32 heavy (non-hydrogen) atoms. The van der Waals surface area contributed by atoms with E-state index in [4.69, 9.17) is 30.1 Å². The molecule has 2 saturated heterocycles. The number of amides is 1. The number of rotatable bonds is 8. The highest BCUT2D eigenvalue weighted by atomic mass is 16.8. The van der Waals surface area contributed by atoms with E-state index in [2.05, 4.69) is 11.2 Å². The highest BCUT2D eigenvalue weighted by Gasteiger charge is 2.52. The number of hydrogen-bond acceptors (Lipinski definition) is 7. The second-order valence-electron chi connectivity index (χ2n) is 8.18. The number of benzene rings is 1. The van der Waals surface area contributed by atoms with Crippen LogP contribution in [-0.2, 0) is 33.3 Å². The summed E-state index contributed by atoms with van der Waals surface area (Å²) < 4.78 is 30.0. The van der Waals surface area contributed by atoms with Crippen molar-refractivity contribution >= 4 is 11.9 Å². The Hall–Kier alpha value is -2.44. The molecule has 1 aromatic rings. The molecule has 0 radical (unpaired) electrons. The zero-order chi connectivity index (χ0) is 23.1. The molecule has 1 amide bonds. The minimum absolute atomic E-state index is 0.219. The summed E-state index contributed by atoms with van der Waals surface area (Å²) in [5.41, 5.74) is 0.837. The van der Waals surface area contributed by atoms with E-state index in [-0.39, 0.29) is 18.4 Å². The summed E-state index contributed by atoms with van der Waals surface area (Å²) in [6, 6.07) is 8.72. The number of ether oxygens (including phenoxy) is 5. The first-order chi connectivity index (χ1) is 15.4. The first-order valence-corrected chi connectivity index (χ1v) is 10.9. The lowest BCUT2D eigenvalue weighted by Crippen LogP contribution is -2.67. The van der Waals surface area contributed by atoms with E-state index in [1.54, 1.807) is 13.8 Å². The van der Waals surface area contributed by atoms with Gasteiger partial charge in [-0.1, -0.05) is 44.2 Å². The van der Waals surface area contributed by atoms with Gasteiger partial charge in [0.15, 0.2) is 18.7 Å². The van der Waals surface area contributed by atoms with Crippen LogP contribution in [-0.4, -0.2) is 55.7 Å². The fourth-order valence-electron chi connectivity index (χ4n) is 3.67. The Morgan fingerprint density at radius 2 is 2.00 bits per heavy atom. The van der Waals surface area contributed by atoms with Gasteiger partial charge in [-0.2, -0.15) is 0 Å². The van der Waals surface area contributed by atoms with Crippen molar-refractivity contribution in [2.24, 2.45) is 5.92 Å². The standard InChI is InChI=1S/C24H31NO7/c1-5-6-10-13-28-24-19(25-16(4)26)21(31-22(27)15(2)3)20-18(30-24)14-29-23(32-20)17-11-8-7-9-12-17/h1,7-9,11-12,15,18-21,23-24H,6,10,13-14H2,2-4H3,(H,25,26)/t18-,19-,20+,21-,23?,24-/m1/s1. The highest BCUT2D eigenvalue weighted by Crippen LogP contribution is 2.36. The van der Waals surface area contributed by atoms with Crippen LogP contribution in [0.1, 0.15) is 45.5 Å². The fraction of sp³-hybridized carbons (Fsp3) is 0.583. The number of fused-ring (bicyclic) bond motifs is 1. The van der Waals surface area contributed by atoms with Gasteiger partial charge in [0.1, 0.15) is 18.2 Å². The van der Waals surface area contributed by atoms with Crippen LogP contribution in [0.4, 0.5) is 0 Å². The van der Waals surface area contributed by atoms with E-state index >= 15 is 0 Å². The van der Waals surface area contributed by atoms with Crippen LogP contribution >= 0.6 is 0 Å². The first kappa shape index (κ1) is 24.2. The molecule has 2 aliphatic rings. The Morgan fingerprint density at radius 1 is 1.25 bits per heavy atom. The van der Waals surface area contributed by atoms with Crippen molar-refractivity contribution in [2.45, 2.75) is 70.5 Å². The normalized spacial score (nSPS) is 29.6. The monoisotopic (exact) mass is 445 g/mol. The number of esters is 1. The molecular formula is C24H31NO7. The number of terminal acetylenes is 1. The van der Waals surface area contributed by atoms with Crippen LogP contribution in [0.5, 0.6) is 0 Å². The van der Waals surface area contributed by atoms with E-state index in [0.29, 0.717) is 19.4 Å². The Kier molecular flexibility index (Phi) is 8.65. The molecular weight excluding hydrogens is 414 g/mol. The lowest BCUT2D eigenvalue weighted by molar-refractivity contribution is -0.345. The maximum absolute atomic E-state index is 12.5. The lowest BCUT2D eigenvalue weighted by Gasteiger charge is -2.49. The van der Waals surface area contributed by atoms with Crippen LogP contribution in [0.2, 0.25) is 0 Å². The SMILES string of the molecule is C#CCCCO[C@@H]1O[C@@H]2COC(c3ccccc3)O[C@@H]2[C@H](OC(=O)C(C)C)[C@H]1NC(C)=O. The Bertz CT molecular complexity index is 806. The van der Waals surface area contributed by atoms with E-state index in [9.17, 15) is 9.59 Å². The van der Waals surface area contributed by atoms with E-state index in [1.807, 2.05) is 30.3 Å². The second kappa shape index (κ2) is 11.4. The number of unbranched alkanes of at least 4 members (excludes halogenated alkanes) is 1. The number of carbonyl (C=O) groups is 2. The average Bonchev–Trinajstić information content (AvgIpc) is 2.78. The summed E-state index contributed by atoms with van der Waals surface area (Å²) in [5.74, 6) is 1.51. The molecule has 2 fully saturated rings. The number of carbonyl (C=O) groups excluding carboxylic acids is 2. The molecule has 174 valence electrons. The van der Waals surface area contributed by atoms with Crippen LogP contribution < -0.4 is 5.32 Å². The Morgan fingerprint density at radius 3 is 2.66 bits per heavy atom. The van der Waals surface area contributed by atoms with Gasteiger partial charge in [0.2, 0.25) is 5.91 Å². The molecule has 8 nitrogen and oxygen atoms in total. The third kappa shape index (κ3) is 6.08. The first-order valence-electron chi connectivity index (χ1n) is 10.9. The van der Waals surface area contributed by atoms with Gasteiger partial charge in [-0.05, 0) is 6.42 Å². The van der Waals surface area contributed by atoms with Gasteiger partial charge in [0.05, 0.1) is 19.1 Å². The molecule has 3 rings (SSSR count). The van der Waals surface area contributed by atoms with Crippen LogP contribution in [0.15, 0.2) is 30.3 Å². The Balaban J connectivity index is 1.85. The second-order valence-corrected chi connectivity index (χ2v) is 8.18. The van der Waals surface area contributed by atoms with Gasteiger partial charge < -0.3 is 29.0 Å². The highest BCUT2D eigenvalue weighted by molar-refractivity contribution is 5.74. The molecule has 6 atom stereocenters. The van der Waals surface area contributed by atoms with Crippen molar-refractivity contribution < 1.29 is 33.3 Å². The number of hydrogen-bond donors (Lipinski definition) is 1. The van der Waals surface area contributed by atoms with Gasteiger partial charge in [-0.25, -0.2) is 0 Å². The summed E-state index contributed by atoms with van der Waals surface area (Å²) >= 11 is 0. The van der Waals surface area contributed by atoms with E-state index < -0.39 is 42.9 Å². The van der Waals surface area contributed by atoms with Crippen molar-refractivity contribution in [2.75, 3.05) is 13.2 Å². The zero-order valence-electron chi connectivity index (χ0n) is 18.7. The molecule has 0 saturated carbocycles. The quantitative estimate of drug-likeness (QED) is 0.373. The molecule has 2 aliphatic heterocycles. The van der Waals surface area contributed by atoms with E-state index in [0.717, 1.165) is 5.56 Å². The van der Waals surface area contributed by atoms with Gasteiger partial charge in [0.25, 0.3) is 0 Å². The molecule has 8 heteroatoms. The third-order valence-corrected chi connectivity index (χ3v) is 5.25.